The molecule has 146 valence electrons. The van der Waals surface area contributed by atoms with Gasteiger partial charge in [-0.2, -0.15) is 0 Å². The van der Waals surface area contributed by atoms with Crippen LogP contribution < -0.4 is 15.4 Å². The third kappa shape index (κ3) is 5.58. The van der Waals surface area contributed by atoms with Crippen LogP contribution in [0.1, 0.15) is 30.9 Å². The van der Waals surface area contributed by atoms with Crippen molar-refractivity contribution in [3.05, 3.63) is 29.3 Å². The summed E-state index contributed by atoms with van der Waals surface area (Å²) in [5, 5.41) is 6.20. The molecule has 3 atom stereocenters. The van der Waals surface area contributed by atoms with Crippen LogP contribution in [0.2, 0.25) is 0 Å². The second-order valence-corrected chi connectivity index (χ2v) is 6.78. The van der Waals surface area contributed by atoms with Gasteiger partial charge in [0.2, 0.25) is 5.91 Å². The zero-order valence-electron chi connectivity index (χ0n) is 15.5. The van der Waals surface area contributed by atoms with Gasteiger partial charge in [-0.15, -0.1) is 12.4 Å². The summed E-state index contributed by atoms with van der Waals surface area (Å²) in [5.74, 6) is 0.773. The average Bonchev–Trinajstić information content (AvgIpc) is 3.13. The summed E-state index contributed by atoms with van der Waals surface area (Å²) in [5.41, 5.74) is 2.11. The molecule has 1 amide bonds. The summed E-state index contributed by atoms with van der Waals surface area (Å²) in [6.07, 6.45) is 2.19. The molecular weight excluding hydrogens is 356 g/mol. The number of aryl methyl sites for hydroxylation is 1. The molecule has 2 fully saturated rings. The highest BCUT2D eigenvalue weighted by atomic mass is 35.5. The van der Waals surface area contributed by atoms with E-state index in [1.54, 1.807) is 0 Å². The van der Waals surface area contributed by atoms with Crippen LogP contribution in [0.5, 0.6) is 5.75 Å². The Bertz CT molecular complexity index is 593. The third-order valence-electron chi connectivity index (χ3n) is 4.72. The van der Waals surface area contributed by atoms with Crippen molar-refractivity contribution in [2.24, 2.45) is 0 Å². The molecule has 2 saturated heterocycles. The molecule has 7 heteroatoms. The minimum atomic E-state index is -0.310. The minimum absolute atomic E-state index is 0. The molecule has 3 rings (SSSR count). The molecule has 0 radical (unpaired) electrons. The van der Waals surface area contributed by atoms with Gasteiger partial charge < -0.3 is 24.8 Å². The van der Waals surface area contributed by atoms with Gasteiger partial charge in [-0.25, -0.2) is 0 Å². The summed E-state index contributed by atoms with van der Waals surface area (Å²) in [4.78, 5) is 12.4. The lowest BCUT2D eigenvalue weighted by atomic mass is 10.1. The molecule has 26 heavy (non-hydrogen) atoms. The Morgan fingerprint density at radius 3 is 2.92 bits per heavy atom. The largest absolute Gasteiger partial charge is 0.491 e. The van der Waals surface area contributed by atoms with Gasteiger partial charge in [0.1, 0.15) is 18.4 Å². The third-order valence-corrected chi connectivity index (χ3v) is 4.72. The van der Waals surface area contributed by atoms with Crippen molar-refractivity contribution in [3.63, 3.8) is 0 Å². The van der Waals surface area contributed by atoms with Crippen LogP contribution in [0.25, 0.3) is 0 Å². The maximum Gasteiger partial charge on any atom is 0.240 e. The van der Waals surface area contributed by atoms with E-state index in [9.17, 15) is 4.79 Å². The second-order valence-electron chi connectivity index (χ2n) is 6.78. The zero-order valence-corrected chi connectivity index (χ0v) is 16.3. The summed E-state index contributed by atoms with van der Waals surface area (Å²) >= 11 is 0. The maximum absolute atomic E-state index is 12.4. The van der Waals surface area contributed by atoms with E-state index in [0.717, 1.165) is 36.3 Å². The maximum atomic E-state index is 12.4. The van der Waals surface area contributed by atoms with Crippen molar-refractivity contribution < 1.29 is 19.0 Å². The molecule has 2 N–H and O–H groups in total. The van der Waals surface area contributed by atoms with Crippen molar-refractivity contribution in [1.29, 1.82) is 0 Å². The number of benzene rings is 1. The molecule has 1 aromatic carbocycles. The lowest BCUT2D eigenvalue weighted by molar-refractivity contribution is -0.129. The highest BCUT2D eigenvalue weighted by Crippen LogP contribution is 2.22. The van der Waals surface area contributed by atoms with Crippen LogP contribution in [-0.2, 0) is 20.8 Å². The fourth-order valence-corrected chi connectivity index (χ4v) is 3.22. The number of carbonyl (C=O) groups is 1. The van der Waals surface area contributed by atoms with Crippen LogP contribution in [0.3, 0.4) is 0 Å². The number of ether oxygens (including phenoxy) is 3. The number of morpholine rings is 1. The molecular formula is C19H29ClN2O4. The zero-order chi connectivity index (χ0) is 17.6. The first kappa shape index (κ1) is 21.0. The lowest BCUT2D eigenvalue weighted by Gasteiger charge is -2.29. The van der Waals surface area contributed by atoms with Gasteiger partial charge in [-0.05, 0) is 38.3 Å². The van der Waals surface area contributed by atoms with Gasteiger partial charge in [0.25, 0.3) is 0 Å². The summed E-state index contributed by atoms with van der Waals surface area (Å²) < 4.78 is 17.1. The minimum Gasteiger partial charge on any atom is -0.491 e. The fraction of sp³-hybridized carbons (Fsp3) is 0.632. The van der Waals surface area contributed by atoms with E-state index < -0.39 is 0 Å². The van der Waals surface area contributed by atoms with Crippen molar-refractivity contribution in [3.8, 4) is 5.75 Å². The Kier molecular flexibility index (Phi) is 8.15. The molecule has 2 aliphatic rings. The molecule has 0 spiro atoms. The number of carbonyl (C=O) groups excluding carboxylic acids is 1. The van der Waals surface area contributed by atoms with Crippen LogP contribution in [-0.4, -0.2) is 50.5 Å². The van der Waals surface area contributed by atoms with E-state index >= 15 is 0 Å². The highest BCUT2D eigenvalue weighted by Gasteiger charge is 2.28. The number of amides is 1. The van der Waals surface area contributed by atoms with Gasteiger partial charge in [-0.3, -0.25) is 4.79 Å². The Hall–Kier alpha value is -1.34. The fourth-order valence-electron chi connectivity index (χ4n) is 3.22. The number of rotatable bonds is 6. The smallest absolute Gasteiger partial charge is 0.240 e. The van der Waals surface area contributed by atoms with E-state index in [4.69, 9.17) is 14.2 Å². The van der Waals surface area contributed by atoms with Gasteiger partial charge >= 0.3 is 0 Å². The molecule has 0 saturated carbocycles. The monoisotopic (exact) mass is 384 g/mol. The van der Waals surface area contributed by atoms with Gasteiger partial charge in [-0.1, -0.05) is 12.1 Å². The van der Waals surface area contributed by atoms with Crippen molar-refractivity contribution in [2.75, 3.05) is 26.4 Å². The van der Waals surface area contributed by atoms with Gasteiger partial charge in [0.15, 0.2) is 0 Å². The predicted octanol–water partition coefficient (Wildman–Crippen LogP) is 1.97. The average molecular weight is 385 g/mol. The van der Waals surface area contributed by atoms with E-state index in [1.165, 1.54) is 0 Å². The number of nitrogens with one attached hydrogen (secondary N) is 2. The van der Waals surface area contributed by atoms with Gasteiger partial charge in [0, 0.05) is 25.3 Å². The van der Waals surface area contributed by atoms with Crippen molar-refractivity contribution >= 4 is 18.3 Å². The first-order valence-electron chi connectivity index (χ1n) is 9.10. The van der Waals surface area contributed by atoms with E-state index in [-0.39, 0.29) is 36.6 Å². The molecule has 0 aromatic heterocycles. The quantitative estimate of drug-likeness (QED) is 0.784. The Morgan fingerprint density at radius 2 is 2.19 bits per heavy atom. The summed E-state index contributed by atoms with van der Waals surface area (Å²) in [7, 11) is 0. The van der Waals surface area contributed by atoms with Crippen molar-refractivity contribution in [1.82, 2.24) is 10.6 Å². The predicted molar refractivity (Wildman–Crippen MR) is 102 cm³/mol. The van der Waals surface area contributed by atoms with E-state index in [1.807, 2.05) is 32.0 Å². The standard InChI is InChI=1S/C19H28N2O4.ClH/c1-13-5-6-15(17(10-13)25-12-16-4-3-8-24-16)11-21-19(22)18-14(2)23-9-7-20-18;/h5-6,10,14,16,18,20H,3-4,7-9,11-12H2,1-2H3,(H,21,22);1H/t14-,16?,18+;/m1./s1. The van der Waals surface area contributed by atoms with E-state index in [0.29, 0.717) is 26.3 Å². The molecule has 1 aromatic rings. The highest BCUT2D eigenvalue weighted by molar-refractivity contribution is 5.85. The lowest BCUT2D eigenvalue weighted by Crippen LogP contribution is -2.55. The van der Waals surface area contributed by atoms with Gasteiger partial charge in [0.05, 0.1) is 18.8 Å². The van der Waals surface area contributed by atoms with E-state index in [2.05, 4.69) is 10.6 Å². The Labute approximate surface area is 161 Å². The molecule has 0 bridgehead atoms. The van der Waals surface area contributed by atoms with Crippen LogP contribution in [0, 0.1) is 6.92 Å². The molecule has 1 unspecified atom stereocenters. The molecule has 2 heterocycles. The number of halogens is 1. The molecule has 0 aliphatic carbocycles. The second kappa shape index (κ2) is 10.1. The van der Waals surface area contributed by atoms with Crippen LogP contribution in [0.4, 0.5) is 0 Å². The SMILES string of the molecule is Cc1ccc(CNC(=O)[C@H]2NCCO[C@@H]2C)c(OCC2CCCO2)c1.Cl. The normalized spacial score (nSPS) is 25.4. The number of hydrogen-bond donors (Lipinski definition) is 2. The number of hydrogen-bond acceptors (Lipinski definition) is 5. The first-order chi connectivity index (χ1) is 12.1. The van der Waals surface area contributed by atoms with Crippen LogP contribution >= 0.6 is 12.4 Å². The molecule has 6 nitrogen and oxygen atoms in total. The Balaban J connectivity index is 0.00000243. The Morgan fingerprint density at radius 1 is 1.35 bits per heavy atom. The summed E-state index contributed by atoms with van der Waals surface area (Å²) in [6, 6.07) is 5.75. The molecule has 2 aliphatic heterocycles. The topological polar surface area (TPSA) is 68.8 Å². The van der Waals surface area contributed by atoms with Crippen LogP contribution in [0.15, 0.2) is 18.2 Å². The first-order valence-corrected chi connectivity index (χ1v) is 9.10. The van der Waals surface area contributed by atoms with Crippen molar-refractivity contribution in [2.45, 2.75) is 51.5 Å². The summed E-state index contributed by atoms with van der Waals surface area (Å²) in [6.45, 7) is 7.10.